The Balaban J connectivity index is 1.44. The van der Waals surface area contributed by atoms with E-state index in [9.17, 15) is 18.0 Å². The highest BCUT2D eigenvalue weighted by Crippen LogP contribution is 2.64. The molecule has 0 amide bonds. The van der Waals surface area contributed by atoms with Crippen LogP contribution < -0.4 is 0 Å². The smallest absolute Gasteiger partial charge is 0.299 e. The molecule has 29 heavy (non-hydrogen) atoms. The lowest BCUT2D eigenvalue weighted by Gasteiger charge is -2.58. The fourth-order valence-corrected chi connectivity index (χ4v) is 5.33. The van der Waals surface area contributed by atoms with E-state index in [1.165, 1.54) is 0 Å². The zero-order chi connectivity index (χ0) is 20.5. The topological polar surface area (TPSA) is 17.1 Å². The molecule has 2 aliphatic rings. The monoisotopic (exact) mass is 398 g/mol. The Bertz CT molecular complexity index is 883. The summed E-state index contributed by atoms with van der Waals surface area (Å²) in [6, 6.07) is 15.6. The molecule has 152 valence electrons. The van der Waals surface area contributed by atoms with Gasteiger partial charge < -0.3 is 0 Å². The molecule has 0 N–H and O–H groups in total. The van der Waals surface area contributed by atoms with Gasteiger partial charge in [0.05, 0.1) is 5.56 Å². The van der Waals surface area contributed by atoms with Gasteiger partial charge in [-0.2, -0.15) is 13.2 Å². The summed E-state index contributed by atoms with van der Waals surface area (Å²) < 4.78 is 38.7. The van der Waals surface area contributed by atoms with Crippen LogP contribution in [0.2, 0.25) is 0 Å². The SMILES string of the molecule is O=C1[C@H]2CCC[C@]1(CCC/C=C/c1ccccc1)[C@H]2c1ccc(C(F)(F)F)cc1. The van der Waals surface area contributed by atoms with Crippen molar-refractivity contribution < 1.29 is 18.0 Å². The highest BCUT2D eigenvalue weighted by atomic mass is 19.4. The van der Waals surface area contributed by atoms with Crippen molar-refractivity contribution in [2.75, 3.05) is 0 Å². The number of rotatable bonds is 6. The van der Waals surface area contributed by atoms with Crippen LogP contribution in [-0.4, -0.2) is 5.78 Å². The van der Waals surface area contributed by atoms with E-state index in [1.54, 1.807) is 12.1 Å². The molecule has 2 aliphatic carbocycles. The highest BCUT2D eigenvalue weighted by molar-refractivity contribution is 5.96. The molecule has 0 heterocycles. The lowest BCUT2D eigenvalue weighted by atomic mass is 9.43. The molecule has 4 heteroatoms. The van der Waals surface area contributed by atoms with E-state index >= 15 is 0 Å². The number of unbranched alkanes of at least 4 members (excludes halogenated alkanes) is 1. The average Bonchev–Trinajstić information content (AvgIpc) is 2.73. The number of alkyl halides is 3. The minimum atomic E-state index is -4.33. The zero-order valence-electron chi connectivity index (χ0n) is 16.3. The van der Waals surface area contributed by atoms with E-state index < -0.39 is 11.7 Å². The van der Waals surface area contributed by atoms with Crippen molar-refractivity contribution in [2.24, 2.45) is 11.3 Å². The van der Waals surface area contributed by atoms with Gasteiger partial charge in [0.1, 0.15) is 5.78 Å². The molecule has 2 aromatic rings. The number of hydrogen-bond acceptors (Lipinski definition) is 1. The maximum absolute atomic E-state index is 12.9. The fraction of sp³-hybridized carbons (Fsp3) is 0.400. The Hall–Kier alpha value is -2.36. The first-order valence-electron chi connectivity index (χ1n) is 10.3. The van der Waals surface area contributed by atoms with Gasteiger partial charge in [0.25, 0.3) is 0 Å². The minimum absolute atomic E-state index is 0.0136. The van der Waals surface area contributed by atoms with E-state index in [0.717, 1.165) is 61.8 Å². The van der Waals surface area contributed by atoms with Crippen molar-refractivity contribution >= 4 is 11.9 Å². The van der Waals surface area contributed by atoms with Crippen LogP contribution in [0.5, 0.6) is 0 Å². The maximum Gasteiger partial charge on any atom is 0.416 e. The molecule has 0 unspecified atom stereocenters. The van der Waals surface area contributed by atoms with Crippen molar-refractivity contribution in [3.8, 4) is 0 Å². The fourth-order valence-electron chi connectivity index (χ4n) is 5.33. The predicted octanol–water partition coefficient (Wildman–Crippen LogP) is 7.04. The molecule has 4 rings (SSSR count). The summed E-state index contributed by atoms with van der Waals surface area (Å²) in [5.74, 6) is 0.394. The quantitative estimate of drug-likeness (QED) is 0.477. The zero-order valence-corrected chi connectivity index (χ0v) is 16.3. The van der Waals surface area contributed by atoms with Crippen molar-refractivity contribution in [1.82, 2.24) is 0 Å². The summed E-state index contributed by atoms with van der Waals surface area (Å²) in [6.07, 6.45) is 5.29. The van der Waals surface area contributed by atoms with Gasteiger partial charge in [0.15, 0.2) is 0 Å². The summed E-state index contributed by atoms with van der Waals surface area (Å²) in [5.41, 5.74) is 1.05. The highest BCUT2D eigenvalue weighted by Gasteiger charge is 2.62. The molecule has 2 aromatic carbocycles. The predicted molar refractivity (Wildman–Crippen MR) is 108 cm³/mol. The van der Waals surface area contributed by atoms with Crippen LogP contribution in [-0.2, 0) is 11.0 Å². The molecule has 2 fully saturated rings. The van der Waals surface area contributed by atoms with E-state index in [-0.39, 0.29) is 17.3 Å². The summed E-state index contributed by atoms with van der Waals surface area (Å²) in [5, 5.41) is 0. The third-order valence-corrected chi connectivity index (χ3v) is 6.66. The Kier molecular flexibility index (Phi) is 5.37. The van der Waals surface area contributed by atoms with Crippen LogP contribution in [0.3, 0.4) is 0 Å². The molecule has 2 bridgehead atoms. The number of allylic oxidation sites excluding steroid dienone is 1. The number of carbonyl (C=O) groups excluding carboxylic acids is 1. The first kappa shape index (κ1) is 19.9. The second kappa shape index (κ2) is 7.81. The lowest BCUT2D eigenvalue weighted by Crippen LogP contribution is -2.58. The summed E-state index contributed by atoms with van der Waals surface area (Å²) in [4.78, 5) is 12.9. The van der Waals surface area contributed by atoms with E-state index in [4.69, 9.17) is 0 Å². The average molecular weight is 398 g/mol. The third-order valence-electron chi connectivity index (χ3n) is 6.66. The van der Waals surface area contributed by atoms with Gasteiger partial charge >= 0.3 is 6.18 Å². The standard InChI is InChI=1S/C25H25F3O/c26-25(27,28)20-14-12-19(13-15-20)22-21-11-7-17-24(22,23(21)29)16-6-2-5-10-18-8-3-1-4-9-18/h1,3-5,8-10,12-15,21-22H,2,6-7,11,16-17H2/b10-5+/t21-,22-,24+/m0/s1. The number of Topliss-reactive ketones (excluding diaryl/α,β-unsaturated/α-hetero) is 1. The molecule has 0 saturated heterocycles. The first-order chi connectivity index (χ1) is 13.9. The molecule has 0 radical (unpaired) electrons. The van der Waals surface area contributed by atoms with Crippen LogP contribution in [0, 0.1) is 11.3 Å². The first-order valence-corrected chi connectivity index (χ1v) is 10.3. The van der Waals surface area contributed by atoms with Crippen molar-refractivity contribution in [1.29, 1.82) is 0 Å². The number of carbonyl (C=O) groups is 1. The molecule has 2 saturated carbocycles. The molecule has 0 aromatic heterocycles. The number of fused-ring (bicyclic) bond motifs is 2. The van der Waals surface area contributed by atoms with Gasteiger partial charge in [0.2, 0.25) is 0 Å². The van der Waals surface area contributed by atoms with Crippen molar-refractivity contribution in [2.45, 2.75) is 50.6 Å². The summed E-state index contributed by atoms with van der Waals surface area (Å²) >= 11 is 0. The van der Waals surface area contributed by atoms with Crippen LogP contribution >= 0.6 is 0 Å². The number of hydrogen-bond donors (Lipinski definition) is 0. The molecule has 3 atom stereocenters. The third kappa shape index (κ3) is 3.77. The van der Waals surface area contributed by atoms with Gasteiger partial charge in [-0.3, -0.25) is 4.79 Å². The van der Waals surface area contributed by atoms with Gasteiger partial charge in [-0.15, -0.1) is 0 Å². The number of benzene rings is 2. The Morgan fingerprint density at radius 3 is 2.41 bits per heavy atom. The number of ketones is 1. The van der Waals surface area contributed by atoms with E-state index in [2.05, 4.69) is 24.3 Å². The normalized spacial score (nSPS) is 26.5. The Morgan fingerprint density at radius 1 is 1.03 bits per heavy atom. The molecule has 0 spiro atoms. The van der Waals surface area contributed by atoms with Gasteiger partial charge in [-0.25, -0.2) is 0 Å². The molecular weight excluding hydrogens is 373 g/mol. The molecular formula is C25H25F3O. The van der Waals surface area contributed by atoms with Gasteiger partial charge in [-0.1, -0.05) is 61.0 Å². The van der Waals surface area contributed by atoms with Gasteiger partial charge in [-0.05, 0) is 55.4 Å². The molecule has 1 nitrogen and oxygen atoms in total. The van der Waals surface area contributed by atoms with Crippen molar-refractivity contribution in [3.05, 3.63) is 77.4 Å². The molecule has 0 aliphatic heterocycles. The van der Waals surface area contributed by atoms with E-state index in [1.807, 2.05) is 18.2 Å². The maximum atomic E-state index is 12.9. The number of halogens is 3. The second-order valence-electron chi connectivity index (χ2n) is 8.32. The lowest BCUT2D eigenvalue weighted by molar-refractivity contribution is -0.158. The van der Waals surface area contributed by atoms with Crippen LogP contribution in [0.15, 0.2) is 60.7 Å². The summed E-state index contributed by atoms with van der Waals surface area (Å²) in [7, 11) is 0. The Morgan fingerprint density at radius 2 is 1.76 bits per heavy atom. The van der Waals surface area contributed by atoms with Crippen molar-refractivity contribution in [3.63, 3.8) is 0 Å². The van der Waals surface area contributed by atoms with E-state index in [0.29, 0.717) is 5.78 Å². The summed E-state index contributed by atoms with van der Waals surface area (Å²) in [6.45, 7) is 0. The minimum Gasteiger partial charge on any atom is -0.299 e. The van der Waals surface area contributed by atoms with Gasteiger partial charge in [0, 0.05) is 17.3 Å². The largest absolute Gasteiger partial charge is 0.416 e. The van der Waals surface area contributed by atoms with Crippen LogP contribution in [0.25, 0.3) is 6.08 Å². The van der Waals surface area contributed by atoms with Crippen LogP contribution in [0.1, 0.15) is 61.1 Å². The van der Waals surface area contributed by atoms with Crippen LogP contribution in [0.4, 0.5) is 13.2 Å². The Labute approximate surface area is 169 Å². The second-order valence-corrected chi connectivity index (χ2v) is 8.32.